The van der Waals surface area contributed by atoms with Crippen LogP contribution in [0.4, 0.5) is 5.69 Å². The van der Waals surface area contributed by atoms with Crippen molar-refractivity contribution in [2.24, 2.45) is 0 Å². The fourth-order valence-electron chi connectivity index (χ4n) is 2.76. The Hall–Kier alpha value is -2.34. The molecule has 0 aliphatic heterocycles. The zero-order chi connectivity index (χ0) is 19.2. The molecular formula is C20H26N2O3S. The molecule has 0 unspecified atom stereocenters. The minimum absolute atomic E-state index is 0.216. The van der Waals surface area contributed by atoms with E-state index in [2.05, 4.69) is 30.4 Å². The summed E-state index contributed by atoms with van der Waals surface area (Å²) >= 11 is 0. The Morgan fingerprint density at radius 3 is 2.31 bits per heavy atom. The van der Waals surface area contributed by atoms with Crippen molar-refractivity contribution >= 4 is 21.6 Å². The van der Waals surface area contributed by atoms with E-state index in [1.165, 1.54) is 11.1 Å². The summed E-state index contributed by atoms with van der Waals surface area (Å²) in [5.41, 5.74) is 3.89. The second-order valence-corrected chi connectivity index (χ2v) is 8.46. The lowest BCUT2D eigenvalue weighted by Gasteiger charge is -2.22. The van der Waals surface area contributed by atoms with Crippen molar-refractivity contribution in [3.05, 3.63) is 65.2 Å². The summed E-state index contributed by atoms with van der Waals surface area (Å²) in [6, 6.07) is 15.4. The zero-order valence-electron chi connectivity index (χ0n) is 15.5. The Balaban J connectivity index is 1.89. The Bertz CT molecular complexity index is 863. The van der Waals surface area contributed by atoms with Crippen LogP contribution in [-0.2, 0) is 21.2 Å². The van der Waals surface area contributed by atoms with Gasteiger partial charge >= 0.3 is 0 Å². The van der Waals surface area contributed by atoms with Gasteiger partial charge in [0.15, 0.2) is 0 Å². The average Bonchev–Trinajstić information content (AvgIpc) is 2.55. The van der Waals surface area contributed by atoms with E-state index < -0.39 is 10.0 Å². The van der Waals surface area contributed by atoms with Crippen LogP contribution >= 0.6 is 0 Å². The molecule has 0 saturated carbocycles. The number of nitrogens with one attached hydrogen (secondary N) is 1. The predicted octanol–water partition coefficient (Wildman–Crippen LogP) is 2.82. The summed E-state index contributed by atoms with van der Waals surface area (Å²) in [7, 11) is -3.54. The van der Waals surface area contributed by atoms with Crippen LogP contribution in [0.3, 0.4) is 0 Å². The molecule has 0 atom stereocenters. The second-order valence-electron chi connectivity index (χ2n) is 6.55. The van der Waals surface area contributed by atoms with Gasteiger partial charge in [-0.3, -0.25) is 9.10 Å². The Morgan fingerprint density at radius 1 is 1.04 bits per heavy atom. The van der Waals surface area contributed by atoms with E-state index in [0.717, 1.165) is 29.0 Å². The van der Waals surface area contributed by atoms with Gasteiger partial charge in [-0.15, -0.1) is 0 Å². The first-order valence-electron chi connectivity index (χ1n) is 8.62. The molecule has 0 heterocycles. The average molecular weight is 375 g/mol. The maximum Gasteiger partial charge on any atom is 0.240 e. The number of sulfonamides is 1. The fourth-order valence-corrected chi connectivity index (χ4v) is 3.61. The lowest BCUT2D eigenvalue weighted by Crippen LogP contribution is -2.40. The van der Waals surface area contributed by atoms with E-state index >= 15 is 0 Å². The van der Waals surface area contributed by atoms with Gasteiger partial charge in [-0.2, -0.15) is 0 Å². The van der Waals surface area contributed by atoms with Gasteiger partial charge in [0.25, 0.3) is 0 Å². The van der Waals surface area contributed by atoms with E-state index in [1.54, 1.807) is 18.2 Å². The van der Waals surface area contributed by atoms with Crippen molar-refractivity contribution < 1.29 is 13.2 Å². The molecule has 2 rings (SSSR count). The van der Waals surface area contributed by atoms with Gasteiger partial charge in [0.2, 0.25) is 15.9 Å². The highest BCUT2D eigenvalue weighted by molar-refractivity contribution is 7.92. The van der Waals surface area contributed by atoms with Crippen LogP contribution in [0.25, 0.3) is 0 Å². The standard InChI is InChI=1S/C20H26N2O3S/c1-16-7-4-9-18(13-16)10-6-12-21-20(23)15-22(26(3,24)25)19-11-5-8-17(2)14-19/h4-5,7-9,11,13-14H,6,10,12,15H2,1-3H3,(H,21,23). The highest BCUT2D eigenvalue weighted by atomic mass is 32.2. The van der Waals surface area contributed by atoms with Crippen LogP contribution in [0.2, 0.25) is 0 Å². The molecule has 6 heteroatoms. The van der Waals surface area contributed by atoms with Crippen LogP contribution in [0.1, 0.15) is 23.1 Å². The highest BCUT2D eigenvalue weighted by Gasteiger charge is 2.20. The summed E-state index contributed by atoms with van der Waals surface area (Å²) < 4.78 is 25.3. The quantitative estimate of drug-likeness (QED) is 0.723. The number of carbonyl (C=O) groups excluding carboxylic acids is 1. The number of amides is 1. The molecule has 1 N–H and O–H groups in total. The van der Waals surface area contributed by atoms with Crippen molar-refractivity contribution in [2.45, 2.75) is 26.7 Å². The second kappa shape index (κ2) is 8.85. The third-order valence-electron chi connectivity index (χ3n) is 4.02. The van der Waals surface area contributed by atoms with Crippen molar-refractivity contribution in [3.63, 3.8) is 0 Å². The van der Waals surface area contributed by atoms with Crippen LogP contribution < -0.4 is 9.62 Å². The number of nitrogens with zero attached hydrogens (tertiary/aromatic N) is 1. The van der Waals surface area contributed by atoms with E-state index in [4.69, 9.17) is 0 Å². The van der Waals surface area contributed by atoms with E-state index in [-0.39, 0.29) is 12.5 Å². The van der Waals surface area contributed by atoms with E-state index in [9.17, 15) is 13.2 Å². The summed E-state index contributed by atoms with van der Waals surface area (Å²) in [4.78, 5) is 12.2. The van der Waals surface area contributed by atoms with Crippen molar-refractivity contribution in [2.75, 3.05) is 23.7 Å². The highest BCUT2D eigenvalue weighted by Crippen LogP contribution is 2.18. The van der Waals surface area contributed by atoms with Crippen LogP contribution in [0.15, 0.2) is 48.5 Å². The molecule has 0 fully saturated rings. The number of hydrogen-bond acceptors (Lipinski definition) is 3. The SMILES string of the molecule is Cc1cccc(CCCNC(=O)CN(c2cccc(C)c2)S(C)(=O)=O)c1. The zero-order valence-corrected chi connectivity index (χ0v) is 16.3. The van der Waals surface area contributed by atoms with Gasteiger partial charge < -0.3 is 5.32 Å². The smallest absolute Gasteiger partial charge is 0.240 e. The summed E-state index contributed by atoms with van der Waals surface area (Å²) in [5.74, 6) is -0.304. The third kappa shape index (κ3) is 6.19. The van der Waals surface area contributed by atoms with E-state index in [1.807, 2.05) is 19.1 Å². The van der Waals surface area contributed by atoms with Crippen LogP contribution in [0, 0.1) is 13.8 Å². The number of aryl methyl sites for hydroxylation is 3. The van der Waals surface area contributed by atoms with E-state index in [0.29, 0.717) is 12.2 Å². The molecule has 5 nitrogen and oxygen atoms in total. The lowest BCUT2D eigenvalue weighted by molar-refractivity contribution is -0.119. The van der Waals surface area contributed by atoms with Crippen molar-refractivity contribution in [1.82, 2.24) is 5.32 Å². The first kappa shape index (κ1) is 20.0. The van der Waals surface area contributed by atoms with Gasteiger partial charge in [0, 0.05) is 6.54 Å². The third-order valence-corrected chi connectivity index (χ3v) is 5.16. The molecule has 0 aliphatic rings. The monoisotopic (exact) mass is 374 g/mol. The van der Waals surface area contributed by atoms with Gasteiger partial charge in [0.1, 0.15) is 6.54 Å². The first-order valence-corrected chi connectivity index (χ1v) is 10.5. The minimum atomic E-state index is -3.54. The molecule has 1 amide bonds. The topological polar surface area (TPSA) is 66.5 Å². The maximum absolute atomic E-state index is 12.2. The van der Waals surface area contributed by atoms with Crippen LogP contribution in [-0.4, -0.2) is 33.7 Å². The molecule has 0 spiro atoms. The lowest BCUT2D eigenvalue weighted by atomic mass is 10.1. The molecule has 0 aliphatic carbocycles. The molecule has 0 bridgehead atoms. The molecule has 2 aromatic carbocycles. The number of anilines is 1. The Morgan fingerprint density at radius 2 is 1.69 bits per heavy atom. The number of rotatable bonds is 8. The minimum Gasteiger partial charge on any atom is -0.355 e. The number of benzene rings is 2. The van der Waals surface area contributed by atoms with Crippen molar-refractivity contribution in [1.29, 1.82) is 0 Å². The first-order chi connectivity index (χ1) is 12.3. The normalized spacial score (nSPS) is 11.2. The largest absolute Gasteiger partial charge is 0.355 e. The number of carbonyl (C=O) groups is 1. The Labute approximate surface area is 156 Å². The molecular weight excluding hydrogens is 348 g/mol. The summed E-state index contributed by atoms with van der Waals surface area (Å²) in [6.45, 7) is 4.23. The van der Waals surface area contributed by atoms with Gasteiger partial charge in [-0.25, -0.2) is 8.42 Å². The van der Waals surface area contributed by atoms with Gasteiger partial charge in [0.05, 0.1) is 11.9 Å². The molecule has 0 saturated heterocycles. The predicted molar refractivity (Wildman–Crippen MR) is 106 cm³/mol. The molecule has 0 aromatic heterocycles. The van der Waals surface area contributed by atoms with Crippen LogP contribution in [0.5, 0.6) is 0 Å². The van der Waals surface area contributed by atoms with Crippen molar-refractivity contribution in [3.8, 4) is 0 Å². The molecule has 26 heavy (non-hydrogen) atoms. The summed E-state index contributed by atoms with van der Waals surface area (Å²) in [5, 5.41) is 2.81. The Kier molecular flexibility index (Phi) is 6.80. The molecule has 2 aromatic rings. The van der Waals surface area contributed by atoms with Gasteiger partial charge in [-0.05, 0) is 49.9 Å². The van der Waals surface area contributed by atoms with Gasteiger partial charge in [-0.1, -0.05) is 42.0 Å². The maximum atomic E-state index is 12.2. The molecule has 0 radical (unpaired) electrons. The number of hydrogen-bond donors (Lipinski definition) is 1. The molecule has 140 valence electrons. The summed E-state index contributed by atoms with van der Waals surface area (Å²) in [6.07, 6.45) is 2.79. The fraction of sp³-hybridized carbons (Fsp3) is 0.350.